The van der Waals surface area contributed by atoms with Gasteiger partial charge < -0.3 is 15.2 Å². The van der Waals surface area contributed by atoms with Gasteiger partial charge in [0.05, 0.1) is 11.1 Å². The highest BCUT2D eigenvalue weighted by molar-refractivity contribution is 9.10. The molecule has 1 atom stereocenters. The van der Waals surface area contributed by atoms with E-state index in [4.69, 9.17) is 9.84 Å². The van der Waals surface area contributed by atoms with Gasteiger partial charge in [-0.3, -0.25) is 4.79 Å². The van der Waals surface area contributed by atoms with Crippen LogP contribution in [0.5, 0.6) is 5.75 Å². The highest BCUT2D eigenvalue weighted by Gasteiger charge is 2.16. The van der Waals surface area contributed by atoms with Crippen molar-refractivity contribution in [2.45, 2.75) is 25.9 Å². The number of thioether (sulfide) groups is 1. The molecule has 0 heterocycles. The molecule has 6 heteroatoms. The Morgan fingerprint density at radius 3 is 2.85 bits per heavy atom. The van der Waals surface area contributed by atoms with E-state index < -0.39 is 12.0 Å². The third kappa shape index (κ3) is 5.73. The number of hydrogen-bond donors (Lipinski definition) is 2. The minimum Gasteiger partial charge on any atom is -0.493 e. The summed E-state index contributed by atoms with van der Waals surface area (Å²) >= 11 is 5.11. The first kappa shape index (κ1) is 17.3. The Balaban J connectivity index is 2.59. The monoisotopic (exact) mass is 361 g/mol. The van der Waals surface area contributed by atoms with Crippen LogP contribution >= 0.6 is 27.7 Å². The lowest BCUT2D eigenvalue weighted by molar-refractivity contribution is -0.139. The fourth-order valence-corrected chi connectivity index (χ4v) is 2.73. The van der Waals surface area contributed by atoms with E-state index in [0.29, 0.717) is 19.6 Å². The maximum absolute atomic E-state index is 11.1. The van der Waals surface area contributed by atoms with Crippen LogP contribution in [-0.4, -0.2) is 35.7 Å². The molecule has 0 bridgehead atoms. The van der Waals surface area contributed by atoms with Crippen molar-refractivity contribution in [3.8, 4) is 5.75 Å². The molecule has 1 rings (SSSR count). The predicted molar refractivity (Wildman–Crippen MR) is 86.6 cm³/mol. The number of aliphatic carboxylic acids is 1. The van der Waals surface area contributed by atoms with Gasteiger partial charge in [0.1, 0.15) is 11.8 Å². The summed E-state index contributed by atoms with van der Waals surface area (Å²) in [7, 11) is 0. The van der Waals surface area contributed by atoms with E-state index in [1.807, 2.05) is 31.4 Å². The highest BCUT2D eigenvalue weighted by Crippen LogP contribution is 2.26. The lowest BCUT2D eigenvalue weighted by atomic mass is 10.2. The van der Waals surface area contributed by atoms with Crippen LogP contribution in [0, 0.1) is 0 Å². The van der Waals surface area contributed by atoms with Crippen molar-refractivity contribution in [1.29, 1.82) is 0 Å². The predicted octanol–water partition coefficient (Wildman–Crippen LogP) is 3.14. The van der Waals surface area contributed by atoms with Gasteiger partial charge in [-0.25, -0.2) is 0 Å². The summed E-state index contributed by atoms with van der Waals surface area (Å²) < 4.78 is 6.33. The van der Waals surface area contributed by atoms with Crippen LogP contribution in [0.2, 0.25) is 0 Å². The van der Waals surface area contributed by atoms with Crippen molar-refractivity contribution < 1.29 is 14.6 Å². The molecule has 0 amide bonds. The molecule has 2 N–H and O–H groups in total. The van der Waals surface area contributed by atoms with Crippen molar-refractivity contribution >= 4 is 33.7 Å². The van der Waals surface area contributed by atoms with E-state index in [9.17, 15) is 4.79 Å². The summed E-state index contributed by atoms with van der Waals surface area (Å²) in [6.45, 7) is 3.08. The van der Waals surface area contributed by atoms with Gasteiger partial charge in [0.15, 0.2) is 0 Å². The molecule has 1 aromatic rings. The summed E-state index contributed by atoms with van der Waals surface area (Å²) in [5, 5.41) is 12.2. The van der Waals surface area contributed by atoms with E-state index >= 15 is 0 Å². The largest absolute Gasteiger partial charge is 0.493 e. The van der Waals surface area contributed by atoms with Crippen LogP contribution in [0.1, 0.15) is 18.9 Å². The van der Waals surface area contributed by atoms with Gasteiger partial charge in [-0.2, -0.15) is 11.8 Å². The Morgan fingerprint density at radius 2 is 2.30 bits per heavy atom. The van der Waals surface area contributed by atoms with Gasteiger partial charge in [0, 0.05) is 6.54 Å². The standard InChI is InChI=1S/C14H20BrNO3S/c1-3-19-13-5-4-10(8-11(13)15)9-16-12(14(17)18)6-7-20-2/h4-5,8,12,16H,3,6-7,9H2,1-2H3,(H,17,18). The van der Waals surface area contributed by atoms with Gasteiger partial charge in [-0.1, -0.05) is 6.07 Å². The van der Waals surface area contributed by atoms with E-state index in [2.05, 4.69) is 21.2 Å². The third-order valence-electron chi connectivity index (χ3n) is 2.76. The second-order valence-electron chi connectivity index (χ2n) is 4.25. The number of carbonyl (C=O) groups is 1. The molecular formula is C14H20BrNO3S. The maximum Gasteiger partial charge on any atom is 0.320 e. The quantitative estimate of drug-likeness (QED) is 0.707. The van der Waals surface area contributed by atoms with E-state index in [1.54, 1.807) is 11.8 Å². The molecule has 0 aliphatic rings. The molecule has 0 aromatic heterocycles. The minimum absolute atomic E-state index is 0.507. The van der Waals surface area contributed by atoms with Crippen LogP contribution < -0.4 is 10.1 Å². The first-order valence-corrected chi connectivity index (χ1v) is 8.63. The number of nitrogens with one attached hydrogen (secondary N) is 1. The molecule has 0 saturated heterocycles. The Morgan fingerprint density at radius 1 is 1.55 bits per heavy atom. The smallest absolute Gasteiger partial charge is 0.320 e. The molecule has 0 spiro atoms. The van der Waals surface area contributed by atoms with Crippen molar-refractivity contribution in [3.63, 3.8) is 0 Å². The summed E-state index contributed by atoms with van der Waals surface area (Å²) in [5.74, 6) is 0.828. The molecule has 0 fully saturated rings. The zero-order valence-electron chi connectivity index (χ0n) is 11.7. The zero-order chi connectivity index (χ0) is 15.0. The highest BCUT2D eigenvalue weighted by atomic mass is 79.9. The Bertz CT molecular complexity index is 442. The van der Waals surface area contributed by atoms with Crippen LogP contribution in [-0.2, 0) is 11.3 Å². The maximum atomic E-state index is 11.1. The van der Waals surface area contributed by atoms with E-state index in [1.165, 1.54) is 0 Å². The molecule has 1 unspecified atom stereocenters. The number of carboxylic acids is 1. The normalized spacial score (nSPS) is 12.2. The van der Waals surface area contributed by atoms with E-state index in [0.717, 1.165) is 21.5 Å². The average molecular weight is 362 g/mol. The number of hydrogen-bond acceptors (Lipinski definition) is 4. The lowest BCUT2D eigenvalue weighted by Crippen LogP contribution is -2.36. The van der Waals surface area contributed by atoms with Gasteiger partial charge in [-0.05, 0) is 59.0 Å². The average Bonchev–Trinajstić information content (AvgIpc) is 2.41. The number of benzene rings is 1. The molecule has 20 heavy (non-hydrogen) atoms. The van der Waals surface area contributed by atoms with Crippen molar-refractivity contribution in [3.05, 3.63) is 28.2 Å². The number of rotatable bonds is 9. The summed E-state index contributed by atoms with van der Waals surface area (Å²) in [6, 6.07) is 5.28. The first-order chi connectivity index (χ1) is 9.58. The second kappa shape index (κ2) is 9.26. The topological polar surface area (TPSA) is 58.6 Å². The second-order valence-corrected chi connectivity index (χ2v) is 6.09. The Kier molecular flexibility index (Phi) is 8.02. The number of carboxylic acid groups (broad SMARTS) is 1. The zero-order valence-corrected chi connectivity index (χ0v) is 14.1. The first-order valence-electron chi connectivity index (χ1n) is 6.44. The molecule has 112 valence electrons. The SMILES string of the molecule is CCOc1ccc(CNC(CCSC)C(=O)O)cc1Br. The fraction of sp³-hybridized carbons (Fsp3) is 0.500. The lowest BCUT2D eigenvalue weighted by Gasteiger charge is -2.14. The van der Waals surface area contributed by atoms with Crippen LogP contribution in [0.4, 0.5) is 0 Å². The van der Waals surface area contributed by atoms with Gasteiger partial charge >= 0.3 is 5.97 Å². The van der Waals surface area contributed by atoms with Crippen molar-refractivity contribution in [1.82, 2.24) is 5.32 Å². The third-order valence-corrected chi connectivity index (χ3v) is 4.02. The van der Waals surface area contributed by atoms with Crippen LogP contribution in [0.25, 0.3) is 0 Å². The fourth-order valence-electron chi connectivity index (χ4n) is 1.72. The summed E-state index contributed by atoms with van der Waals surface area (Å²) in [6.07, 6.45) is 2.59. The molecule has 1 aromatic carbocycles. The van der Waals surface area contributed by atoms with Crippen LogP contribution in [0.3, 0.4) is 0 Å². The molecule has 0 saturated carbocycles. The van der Waals surface area contributed by atoms with Crippen molar-refractivity contribution in [2.75, 3.05) is 18.6 Å². The number of ether oxygens (including phenoxy) is 1. The molecule has 0 radical (unpaired) electrons. The Hall–Kier alpha value is -0.720. The number of halogens is 1. The van der Waals surface area contributed by atoms with Gasteiger partial charge in [0.25, 0.3) is 0 Å². The van der Waals surface area contributed by atoms with Crippen LogP contribution in [0.15, 0.2) is 22.7 Å². The Labute approximate surface area is 132 Å². The summed E-state index contributed by atoms with van der Waals surface area (Å²) in [4.78, 5) is 11.1. The minimum atomic E-state index is -0.802. The summed E-state index contributed by atoms with van der Waals surface area (Å²) in [5.41, 5.74) is 1.02. The van der Waals surface area contributed by atoms with Crippen molar-refractivity contribution in [2.24, 2.45) is 0 Å². The molecular weight excluding hydrogens is 342 g/mol. The van der Waals surface area contributed by atoms with E-state index in [-0.39, 0.29) is 0 Å². The van der Waals surface area contributed by atoms with Gasteiger partial charge in [-0.15, -0.1) is 0 Å². The molecule has 4 nitrogen and oxygen atoms in total. The van der Waals surface area contributed by atoms with Gasteiger partial charge in [0.2, 0.25) is 0 Å². The molecule has 0 aliphatic carbocycles. The molecule has 0 aliphatic heterocycles.